The van der Waals surface area contributed by atoms with E-state index >= 15 is 0 Å². The Bertz CT molecular complexity index is 554. The molecule has 0 bridgehead atoms. The van der Waals surface area contributed by atoms with Crippen molar-refractivity contribution >= 4 is 34.9 Å². The molecule has 0 unspecified atom stereocenters. The number of carbonyl (C=O) groups excluding carboxylic acids is 3. The summed E-state index contributed by atoms with van der Waals surface area (Å²) in [7, 11) is 3.18. The molecule has 2 amide bonds. The Morgan fingerprint density at radius 3 is 2.61 bits per heavy atom. The van der Waals surface area contributed by atoms with Gasteiger partial charge < -0.3 is 4.90 Å². The van der Waals surface area contributed by atoms with Crippen LogP contribution >= 0.6 is 11.6 Å². The molecular formula is C12H11ClN2O3. The number of hydrogen-bond acceptors (Lipinski definition) is 3. The molecule has 1 aliphatic rings. The Labute approximate surface area is 109 Å². The summed E-state index contributed by atoms with van der Waals surface area (Å²) in [4.78, 5) is 37.7. The SMILES string of the molecule is CN(C)C(=O)CN1C(=O)C(=O)c2cc(Cl)ccc21. The summed E-state index contributed by atoms with van der Waals surface area (Å²) in [5.74, 6) is -1.57. The second-order valence-electron chi connectivity index (χ2n) is 4.17. The van der Waals surface area contributed by atoms with Gasteiger partial charge in [0.25, 0.3) is 11.7 Å². The molecule has 0 aliphatic carbocycles. The van der Waals surface area contributed by atoms with E-state index in [2.05, 4.69) is 0 Å². The number of amides is 2. The summed E-state index contributed by atoms with van der Waals surface area (Å²) in [6, 6.07) is 4.60. The maximum absolute atomic E-state index is 11.8. The molecule has 0 N–H and O–H groups in total. The minimum atomic E-state index is -0.692. The summed E-state index contributed by atoms with van der Waals surface area (Å²) in [5, 5.41) is 0.385. The van der Waals surface area contributed by atoms with Crippen molar-refractivity contribution in [2.45, 2.75) is 0 Å². The predicted octanol–water partition coefficient (Wildman–Crippen LogP) is 0.957. The number of rotatable bonds is 2. The number of benzene rings is 1. The van der Waals surface area contributed by atoms with Gasteiger partial charge in [0.1, 0.15) is 6.54 Å². The van der Waals surface area contributed by atoms with Gasteiger partial charge in [0.2, 0.25) is 5.91 Å². The molecule has 0 atom stereocenters. The van der Waals surface area contributed by atoms with Crippen molar-refractivity contribution in [3.63, 3.8) is 0 Å². The van der Waals surface area contributed by atoms with Crippen molar-refractivity contribution in [3.05, 3.63) is 28.8 Å². The van der Waals surface area contributed by atoms with Gasteiger partial charge in [-0.15, -0.1) is 0 Å². The molecule has 1 aromatic rings. The fourth-order valence-electron chi connectivity index (χ4n) is 1.71. The van der Waals surface area contributed by atoms with Crippen molar-refractivity contribution in [1.82, 2.24) is 4.90 Å². The molecule has 5 nitrogen and oxygen atoms in total. The van der Waals surface area contributed by atoms with Crippen LogP contribution in [0.15, 0.2) is 18.2 Å². The maximum Gasteiger partial charge on any atom is 0.299 e. The topological polar surface area (TPSA) is 57.7 Å². The molecule has 18 heavy (non-hydrogen) atoms. The number of fused-ring (bicyclic) bond motifs is 1. The molecule has 0 spiro atoms. The van der Waals surface area contributed by atoms with Gasteiger partial charge in [0.05, 0.1) is 11.3 Å². The highest BCUT2D eigenvalue weighted by Crippen LogP contribution is 2.30. The first-order valence-electron chi connectivity index (χ1n) is 5.27. The van der Waals surface area contributed by atoms with E-state index in [0.29, 0.717) is 10.7 Å². The number of likely N-dealkylation sites (N-methyl/N-ethyl adjacent to an activating group) is 1. The summed E-state index contributed by atoms with van der Waals surface area (Å²) < 4.78 is 0. The number of halogens is 1. The normalized spacial score (nSPS) is 13.8. The molecule has 0 aromatic heterocycles. The molecule has 0 fully saturated rings. The van der Waals surface area contributed by atoms with Crippen LogP contribution in [0.4, 0.5) is 5.69 Å². The molecular weight excluding hydrogens is 256 g/mol. The van der Waals surface area contributed by atoms with Crippen molar-refractivity contribution in [2.24, 2.45) is 0 Å². The number of ketones is 1. The number of hydrogen-bond donors (Lipinski definition) is 0. The minimum Gasteiger partial charge on any atom is -0.347 e. The van der Waals surface area contributed by atoms with Gasteiger partial charge in [0.15, 0.2) is 0 Å². The van der Waals surface area contributed by atoms with Gasteiger partial charge >= 0.3 is 0 Å². The minimum absolute atomic E-state index is 0.147. The first-order chi connectivity index (χ1) is 8.41. The van der Waals surface area contributed by atoms with Crippen LogP contribution in [0.25, 0.3) is 0 Å². The van der Waals surface area contributed by atoms with Crippen LogP contribution < -0.4 is 4.90 Å². The lowest BCUT2D eigenvalue weighted by Crippen LogP contribution is -2.39. The predicted molar refractivity (Wildman–Crippen MR) is 66.8 cm³/mol. The molecule has 2 rings (SSSR count). The lowest BCUT2D eigenvalue weighted by molar-refractivity contribution is -0.128. The fraction of sp³-hybridized carbons (Fsp3) is 0.250. The molecule has 94 valence electrons. The zero-order chi connectivity index (χ0) is 13.4. The molecule has 0 saturated heterocycles. The number of carbonyl (C=O) groups is 3. The summed E-state index contributed by atoms with van der Waals surface area (Å²) in [6.45, 7) is -0.147. The van der Waals surface area contributed by atoms with Crippen LogP contribution in [-0.4, -0.2) is 43.1 Å². The van der Waals surface area contributed by atoms with Gasteiger partial charge in [-0.3, -0.25) is 19.3 Å². The van der Waals surface area contributed by atoms with E-state index in [4.69, 9.17) is 11.6 Å². The Morgan fingerprint density at radius 1 is 1.33 bits per heavy atom. The van der Waals surface area contributed by atoms with Gasteiger partial charge in [-0.1, -0.05) is 11.6 Å². The molecule has 1 heterocycles. The highest BCUT2D eigenvalue weighted by molar-refractivity contribution is 6.53. The smallest absolute Gasteiger partial charge is 0.299 e. The number of anilines is 1. The Morgan fingerprint density at radius 2 is 2.00 bits per heavy atom. The lowest BCUT2D eigenvalue weighted by Gasteiger charge is -2.18. The van der Waals surface area contributed by atoms with E-state index in [1.165, 1.54) is 15.9 Å². The monoisotopic (exact) mass is 266 g/mol. The lowest BCUT2D eigenvalue weighted by atomic mass is 10.1. The zero-order valence-corrected chi connectivity index (χ0v) is 10.7. The van der Waals surface area contributed by atoms with Gasteiger partial charge in [-0.05, 0) is 18.2 Å². The second kappa shape index (κ2) is 4.42. The van der Waals surface area contributed by atoms with Crippen LogP contribution in [-0.2, 0) is 9.59 Å². The second-order valence-corrected chi connectivity index (χ2v) is 4.61. The molecule has 0 saturated carbocycles. The Kier molecular flexibility index (Phi) is 3.09. The van der Waals surface area contributed by atoms with E-state index in [-0.39, 0.29) is 18.0 Å². The van der Waals surface area contributed by atoms with E-state index < -0.39 is 11.7 Å². The van der Waals surface area contributed by atoms with Crippen LogP contribution in [0.5, 0.6) is 0 Å². The van der Waals surface area contributed by atoms with Crippen molar-refractivity contribution in [1.29, 1.82) is 0 Å². The average molecular weight is 267 g/mol. The molecule has 1 aromatic carbocycles. The van der Waals surface area contributed by atoms with Crippen molar-refractivity contribution in [3.8, 4) is 0 Å². The standard InChI is InChI=1S/C12H11ClN2O3/c1-14(2)10(16)6-15-9-4-3-7(13)5-8(9)11(17)12(15)18/h3-5H,6H2,1-2H3. The summed E-state index contributed by atoms with van der Waals surface area (Å²) >= 11 is 5.78. The quantitative estimate of drug-likeness (QED) is 0.749. The van der Waals surface area contributed by atoms with Crippen LogP contribution in [0.1, 0.15) is 10.4 Å². The molecule has 6 heteroatoms. The highest BCUT2D eigenvalue weighted by atomic mass is 35.5. The van der Waals surface area contributed by atoms with E-state index in [1.54, 1.807) is 26.2 Å². The Hall–Kier alpha value is -1.88. The molecule has 0 radical (unpaired) electrons. The average Bonchev–Trinajstić information content (AvgIpc) is 2.54. The summed E-state index contributed by atoms with van der Waals surface area (Å²) in [6.07, 6.45) is 0. The van der Waals surface area contributed by atoms with Crippen molar-refractivity contribution in [2.75, 3.05) is 25.5 Å². The number of nitrogens with zero attached hydrogens (tertiary/aromatic N) is 2. The molecule has 1 aliphatic heterocycles. The summed E-state index contributed by atoms with van der Waals surface area (Å²) in [5.41, 5.74) is 0.684. The Balaban J connectivity index is 2.37. The third kappa shape index (κ3) is 1.97. The van der Waals surface area contributed by atoms with Gasteiger partial charge in [0, 0.05) is 19.1 Å². The van der Waals surface area contributed by atoms with E-state index in [9.17, 15) is 14.4 Å². The van der Waals surface area contributed by atoms with Crippen LogP contribution in [0.3, 0.4) is 0 Å². The third-order valence-electron chi connectivity index (χ3n) is 2.73. The fourth-order valence-corrected chi connectivity index (χ4v) is 1.88. The number of Topliss-reactive ketones (excluding diaryl/α,β-unsaturated/α-hetero) is 1. The third-order valence-corrected chi connectivity index (χ3v) is 2.96. The van der Waals surface area contributed by atoms with Crippen molar-refractivity contribution < 1.29 is 14.4 Å². The largest absolute Gasteiger partial charge is 0.347 e. The first-order valence-corrected chi connectivity index (χ1v) is 5.65. The van der Waals surface area contributed by atoms with Crippen LogP contribution in [0.2, 0.25) is 5.02 Å². The van der Waals surface area contributed by atoms with Crippen LogP contribution in [0, 0.1) is 0 Å². The van der Waals surface area contributed by atoms with E-state index in [0.717, 1.165) is 0 Å². The zero-order valence-electron chi connectivity index (χ0n) is 9.94. The maximum atomic E-state index is 11.8. The highest BCUT2D eigenvalue weighted by Gasteiger charge is 2.37. The van der Waals surface area contributed by atoms with Gasteiger partial charge in [-0.25, -0.2) is 0 Å². The van der Waals surface area contributed by atoms with E-state index in [1.807, 2.05) is 0 Å². The first kappa shape index (κ1) is 12.6. The van der Waals surface area contributed by atoms with Gasteiger partial charge in [-0.2, -0.15) is 0 Å².